The Morgan fingerprint density at radius 3 is 2.72 bits per heavy atom. The van der Waals surface area contributed by atoms with E-state index in [1.807, 2.05) is 0 Å². The van der Waals surface area contributed by atoms with E-state index in [0.29, 0.717) is 18.9 Å². The van der Waals surface area contributed by atoms with E-state index in [2.05, 4.69) is 5.32 Å². The molecule has 1 aromatic carbocycles. The van der Waals surface area contributed by atoms with Gasteiger partial charge in [-0.25, -0.2) is 4.39 Å². The van der Waals surface area contributed by atoms with Crippen molar-refractivity contribution < 1.29 is 23.4 Å². The third-order valence-electron chi connectivity index (χ3n) is 2.10. The van der Waals surface area contributed by atoms with Crippen LogP contribution in [0.25, 0.3) is 0 Å². The molecule has 0 aliphatic carbocycles. The van der Waals surface area contributed by atoms with Gasteiger partial charge >= 0.3 is 0 Å². The quantitative estimate of drug-likeness (QED) is 0.751. The van der Waals surface area contributed by atoms with Gasteiger partial charge in [0.2, 0.25) is 5.91 Å². The zero-order valence-corrected chi connectivity index (χ0v) is 10.4. The number of anilines is 1. The van der Waals surface area contributed by atoms with Gasteiger partial charge in [-0.05, 0) is 12.1 Å². The molecule has 0 aromatic heterocycles. The third kappa shape index (κ3) is 4.68. The van der Waals surface area contributed by atoms with Crippen molar-refractivity contribution >= 4 is 11.6 Å². The second-order valence-corrected chi connectivity index (χ2v) is 3.44. The van der Waals surface area contributed by atoms with Crippen molar-refractivity contribution in [2.24, 2.45) is 0 Å². The highest BCUT2D eigenvalue weighted by Gasteiger charge is 2.06. The minimum atomic E-state index is -0.532. The first-order chi connectivity index (χ1) is 8.67. The lowest BCUT2D eigenvalue weighted by Crippen LogP contribution is -2.19. The van der Waals surface area contributed by atoms with E-state index in [1.165, 1.54) is 19.2 Å². The van der Waals surface area contributed by atoms with Crippen LogP contribution in [0.4, 0.5) is 10.1 Å². The summed E-state index contributed by atoms with van der Waals surface area (Å²) in [7, 11) is 2.92. The average molecular weight is 257 g/mol. The van der Waals surface area contributed by atoms with Crippen LogP contribution in [-0.4, -0.2) is 39.9 Å². The van der Waals surface area contributed by atoms with Gasteiger partial charge in [-0.1, -0.05) is 0 Å². The molecular weight excluding hydrogens is 241 g/mol. The van der Waals surface area contributed by atoms with Crippen molar-refractivity contribution in [2.45, 2.75) is 0 Å². The van der Waals surface area contributed by atoms with Gasteiger partial charge in [-0.3, -0.25) is 4.79 Å². The maximum atomic E-state index is 13.3. The summed E-state index contributed by atoms with van der Waals surface area (Å²) in [4.78, 5) is 11.4. The molecule has 0 unspecified atom stereocenters. The molecule has 0 saturated heterocycles. The summed E-state index contributed by atoms with van der Waals surface area (Å²) in [5, 5.41) is 2.51. The molecule has 1 amide bonds. The molecule has 1 N–H and O–H groups in total. The number of hydrogen-bond acceptors (Lipinski definition) is 4. The van der Waals surface area contributed by atoms with Crippen LogP contribution in [0.15, 0.2) is 18.2 Å². The topological polar surface area (TPSA) is 56.8 Å². The largest absolute Gasteiger partial charge is 0.494 e. The lowest BCUT2D eigenvalue weighted by atomic mass is 10.3. The van der Waals surface area contributed by atoms with Gasteiger partial charge in [0.25, 0.3) is 0 Å². The number of carbonyl (C=O) groups is 1. The summed E-state index contributed by atoms with van der Waals surface area (Å²) >= 11 is 0. The number of methoxy groups -OCH3 is 2. The number of ether oxygens (including phenoxy) is 3. The van der Waals surface area contributed by atoms with E-state index >= 15 is 0 Å². The minimum Gasteiger partial charge on any atom is -0.494 e. The SMILES string of the molecule is COCCOCC(=O)Nc1ccc(OC)c(F)c1. The van der Waals surface area contributed by atoms with Crippen LogP contribution >= 0.6 is 0 Å². The monoisotopic (exact) mass is 257 g/mol. The number of hydrogen-bond donors (Lipinski definition) is 1. The lowest BCUT2D eigenvalue weighted by Gasteiger charge is -2.07. The van der Waals surface area contributed by atoms with Gasteiger partial charge < -0.3 is 19.5 Å². The standard InChI is InChI=1S/C12H16FNO4/c1-16-5-6-18-8-12(15)14-9-3-4-11(17-2)10(13)7-9/h3-4,7H,5-6,8H2,1-2H3,(H,14,15). The molecule has 1 rings (SSSR count). The van der Waals surface area contributed by atoms with Gasteiger partial charge in [0.15, 0.2) is 11.6 Å². The Morgan fingerprint density at radius 1 is 1.33 bits per heavy atom. The number of benzene rings is 1. The fourth-order valence-electron chi connectivity index (χ4n) is 1.25. The van der Waals surface area contributed by atoms with Crippen molar-refractivity contribution in [1.29, 1.82) is 0 Å². The summed E-state index contributed by atoms with van der Waals surface area (Å²) in [6.45, 7) is 0.655. The van der Waals surface area contributed by atoms with E-state index in [9.17, 15) is 9.18 Å². The zero-order chi connectivity index (χ0) is 13.4. The molecule has 0 saturated carbocycles. The first-order valence-electron chi connectivity index (χ1n) is 5.37. The number of amides is 1. The number of carbonyl (C=O) groups excluding carboxylic acids is 1. The van der Waals surface area contributed by atoms with E-state index in [-0.39, 0.29) is 18.3 Å². The van der Waals surface area contributed by atoms with E-state index in [1.54, 1.807) is 13.2 Å². The maximum Gasteiger partial charge on any atom is 0.250 e. The predicted octanol–water partition coefficient (Wildman–Crippen LogP) is 1.44. The number of nitrogens with one attached hydrogen (secondary N) is 1. The number of halogens is 1. The van der Waals surface area contributed by atoms with Gasteiger partial charge in [0.1, 0.15) is 6.61 Å². The average Bonchev–Trinajstić information content (AvgIpc) is 2.35. The highest BCUT2D eigenvalue weighted by Crippen LogP contribution is 2.20. The van der Waals surface area contributed by atoms with Crippen molar-refractivity contribution in [3.05, 3.63) is 24.0 Å². The Bertz CT molecular complexity index is 398. The van der Waals surface area contributed by atoms with Crippen LogP contribution in [0.2, 0.25) is 0 Å². The fraction of sp³-hybridized carbons (Fsp3) is 0.417. The van der Waals surface area contributed by atoms with Gasteiger partial charge in [-0.2, -0.15) is 0 Å². The van der Waals surface area contributed by atoms with Gasteiger partial charge in [0, 0.05) is 18.9 Å². The normalized spacial score (nSPS) is 10.2. The van der Waals surface area contributed by atoms with E-state index < -0.39 is 5.82 Å². The van der Waals surface area contributed by atoms with Crippen LogP contribution in [0, 0.1) is 5.82 Å². The minimum absolute atomic E-state index is 0.100. The zero-order valence-electron chi connectivity index (χ0n) is 10.4. The first-order valence-corrected chi connectivity index (χ1v) is 5.37. The van der Waals surface area contributed by atoms with E-state index in [0.717, 1.165) is 0 Å². The molecule has 0 radical (unpaired) electrons. The summed E-state index contributed by atoms with van der Waals surface area (Å²) in [5.41, 5.74) is 0.355. The van der Waals surface area contributed by atoms with E-state index in [4.69, 9.17) is 14.2 Å². The van der Waals surface area contributed by atoms with Crippen molar-refractivity contribution in [3.63, 3.8) is 0 Å². The van der Waals surface area contributed by atoms with Gasteiger partial charge in [-0.15, -0.1) is 0 Å². The molecule has 1 aromatic rings. The summed E-state index contributed by atoms with van der Waals surface area (Å²) < 4.78 is 27.9. The lowest BCUT2D eigenvalue weighted by molar-refractivity contribution is -0.121. The molecule has 0 bridgehead atoms. The highest BCUT2D eigenvalue weighted by atomic mass is 19.1. The molecule has 6 heteroatoms. The van der Waals surface area contributed by atoms with Gasteiger partial charge in [0.05, 0.1) is 20.3 Å². The number of rotatable bonds is 7. The molecule has 0 heterocycles. The Labute approximate surface area is 105 Å². The Morgan fingerprint density at radius 2 is 2.11 bits per heavy atom. The Balaban J connectivity index is 2.42. The molecule has 5 nitrogen and oxygen atoms in total. The molecule has 0 atom stereocenters. The summed E-state index contributed by atoms with van der Waals surface area (Å²) in [5.74, 6) is -0.754. The van der Waals surface area contributed by atoms with Crippen molar-refractivity contribution in [1.82, 2.24) is 0 Å². The third-order valence-corrected chi connectivity index (χ3v) is 2.10. The van der Waals surface area contributed by atoms with Crippen molar-refractivity contribution in [3.8, 4) is 5.75 Å². The molecule has 18 heavy (non-hydrogen) atoms. The Hall–Kier alpha value is -1.66. The van der Waals surface area contributed by atoms with Crippen LogP contribution in [0.3, 0.4) is 0 Å². The second kappa shape index (κ2) is 7.62. The van der Waals surface area contributed by atoms with Crippen molar-refractivity contribution in [2.75, 3.05) is 39.4 Å². The molecule has 0 spiro atoms. The maximum absolute atomic E-state index is 13.3. The predicted molar refractivity (Wildman–Crippen MR) is 64.3 cm³/mol. The van der Waals surface area contributed by atoms with Crippen LogP contribution in [-0.2, 0) is 14.3 Å². The summed E-state index contributed by atoms with van der Waals surface area (Å²) in [6, 6.07) is 4.18. The molecule has 100 valence electrons. The highest BCUT2D eigenvalue weighted by molar-refractivity contribution is 5.91. The van der Waals surface area contributed by atoms with Crippen LogP contribution in [0.5, 0.6) is 5.75 Å². The summed E-state index contributed by atoms with van der Waals surface area (Å²) in [6.07, 6.45) is 0. The molecule has 0 aliphatic rings. The van der Waals surface area contributed by atoms with Crippen LogP contribution < -0.4 is 10.1 Å². The molecule has 0 fully saturated rings. The second-order valence-electron chi connectivity index (χ2n) is 3.44. The molecular formula is C12H16FNO4. The molecule has 0 aliphatic heterocycles. The first kappa shape index (κ1) is 14.4. The smallest absolute Gasteiger partial charge is 0.250 e. The van der Waals surface area contributed by atoms with Crippen LogP contribution in [0.1, 0.15) is 0 Å². The fourth-order valence-corrected chi connectivity index (χ4v) is 1.25. The Kier molecular flexibility index (Phi) is 6.10.